The number of methoxy groups -OCH3 is 1. The Bertz CT molecular complexity index is 308. The quantitative estimate of drug-likeness (QED) is 0.844. The summed E-state index contributed by atoms with van der Waals surface area (Å²) in [5.41, 5.74) is 0.683. The normalized spacial score (nSPS) is 9.50. The second-order valence-corrected chi connectivity index (χ2v) is 3.10. The van der Waals surface area contributed by atoms with E-state index in [1.165, 1.54) is 0 Å². The molecule has 0 aliphatic rings. The van der Waals surface area contributed by atoms with Gasteiger partial charge < -0.3 is 9.84 Å². The molecule has 0 radical (unpaired) electrons. The lowest BCUT2D eigenvalue weighted by Gasteiger charge is -2.05. The van der Waals surface area contributed by atoms with Gasteiger partial charge in [-0.2, -0.15) is 0 Å². The summed E-state index contributed by atoms with van der Waals surface area (Å²) in [4.78, 5) is 0. The summed E-state index contributed by atoms with van der Waals surface area (Å²) in [6.07, 6.45) is 1.58. The number of hydrogen-bond acceptors (Lipinski definition) is 2. The number of benzene rings is 1. The Hall–Kier alpha value is -0.960. The van der Waals surface area contributed by atoms with Crippen molar-refractivity contribution in [2.45, 2.75) is 0 Å². The number of aromatic hydroxyl groups is 1. The lowest BCUT2D eigenvalue weighted by atomic mass is 10.2. The smallest absolute Gasteiger partial charge is 0.136 e. The highest BCUT2D eigenvalue weighted by Gasteiger charge is 2.04. The van der Waals surface area contributed by atoms with Crippen molar-refractivity contribution in [1.82, 2.24) is 0 Å². The topological polar surface area (TPSA) is 29.5 Å². The first-order chi connectivity index (χ1) is 5.69. The first-order valence-corrected chi connectivity index (χ1v) is 4.17. The van der Waals surface area contributed by atoms with Crippen LogP contribution in [0.1, 0.15) is 5.56 Å². The van der Waals surface area contributed by atoms with Gasteiger partial charge in [-0.3, -0.25) is 0 Å². The highest BCUT2D eigenvalue weighted by atomic mass is 79.9. The van der Waals surface area contributed by atoms with Crippen molar-refractivity contribution in [3.05, 3.63) is 28.7 Å². The number of hydrogen-bond donors (Lipinski definition) is 1. The molecule has 0 bridgehead atoms. The van der Waals surface area contributed by atoms with Crippen molar-refractivity contribution < 1.29 is 9.84 Å². The van der Waals surface area contributed by atoms with Gasteiger partial charge in [0.05, 0.1) is 11.6 Å². The zero-order valence-corrected chi connectivity index (χ0v) is 8.26. The van der Waals surface area contributed by atoms with Crippen LogP contribution in [0, 0.1) is 0 Å². The van der Waals surface area contributed by atoms with E-state index in [1.807, 2.05) is 0 Å². The third-order valence-electron chi connectivity index (χ3n) is 1.52. The Balaban J connectivity index is 3.25. The van der Waals surface area contributed by atoms with Gasteiger partial charge in [-0.1, -0.05) is 12.7 Å². The summed E-state index contributed by atoms with van der Waals surface area (Å²) in [5, 5.41) is 9.37. The molecule has 0 aliphatic carbocycles. The molecule has 0 atom stereocenters. The van der Waals surface area contributed by atoms with E-state index in [9.17, 15) is 5.11 Å². The lowest BCUT2D eigenvalue weighted by Crippen LogP contribution is -1.85. The molecule has 0 amide bonds. The molecule has 0 fully saturated rings. The predicted molar refractivity (Wildman–Crippen MR) is 52.4 cm³/mol. The zero-order chi connectivity index (χ0) is 9.14. The average Bonchev–Trinajstić information content (AvgIpc) is 2.08. The first kappa shape index (κ1) is 9.13. The third-order valence-corrected chi connectivity index (χ3v) is 2.14. The van der Waals surface area contributed by atoms with Crippen LogP contribution in [0.3, 0.4) is 0 Å². The van der Waals surface area contributed by atoms with Crippen molar-refractivity contribution in [2.24, 2.45) is 0 Å². The van der Waals surface area contributed by atoms with E-state index in [1.54, 1.807) is 25.3 Å². The highest BCUT2D eigenvalue weighted by molar-refractivity contribution is 9.10. The molecule has 1 aromatic rings. The van der Waals surface area contributed by atoms with E-state index in [0.29, 0.717) is 11.3 Å². The van der Waals surface area contributed by atoms with Crippen LogP contribution in [-0.2, 0) is 0 Å². The molecule has 0 saturated heterocycles. The van der Waals surface area contributed by atoms with Crippen LogP contribution in [0.4, 0.5) is 0 Å². The number of phenolic OH excluding ortho intramolecular Hbond substituents is 1. The van der Waals surface area contributed by atoms with Gasteiger partial charge in [0.25, 0.3) is 0 Å². The molecule has 12 heavy (non-hydrogen) atoms. The molecule has 1 rings (SSSR count). The molecule has 0 aliphatic heterocycles. The maximum Gasteiger partial charge on any atom is 0.136 e. The van der Waals surface area contributed by atoms with Crippen LogP contribution in [0.2, 0.25) is 0 Å². The van der Waals surface area contributed by atoms with Crippen LogP contribution in [0.15, 0.2) is 23.2 Å². The molecule has 1 aromatic carbocycles. The standard InChI is InChI=1S/C9H9BrO2/c1-3-6-4-7(10)9(12-2)5-8(6)11/h3-5,11H,1H2,2H3. The average molecular weight is 229 g/mol. The zero-order valence-electron chi connectivity index (χ0n) is 6.67. The molecule has 0 unspecified atom stereocenters. The molecule has 1 N–H and O–H groups in total. The highest BCUT2D eigenvalue weighted by Crippen LogP contribution is 2.32. The Morgan fingerprint density at radius 3 is 2.75 bits per heavy atom. The minimum atomic E-state index is 0.171. The Morgan fingerprint density at radius 2 is 2.25 bits per heavy atom. The monoisotopic (exact) mass is 228 g/mol. The lowest BCUT2D eigenvalue weighted by molar-refractivity contribution is 0.405. The summed E-state index contributed by atoms with van der Waals surface area (Å²) in [6, 6.07) is 3.29. The van der Waals surface area contributed by atoms with E-state index in [4.69, 9.17) is 4.74 Å². The van der Waals surface area contributed by atoms with E-state index >= 15 is 0 Å². The van der Waals surface area contributed by atoms with Gasteiger partial charge in [-0.15, -0.1) is 0 Å². The minimum Gasteiger partial charge on any atom is -0.507 e. The number of ether oxygens (including phenoxy) is 1. The fraction of sp³-hybridized carbons (Fsp3) is 0.111. The summed E-state index contributed by atoms with van der Waals surface area (Å²) in [6.45, 7) is 3.57. The summed E-state index contributed by atoms with van der Waals surface area (Å²) in [5.74, 6) is 0.781. The fourth-order valence-corrected chi connectivity index (χ4v) is 1.40. The van der Waals surface area contributed by atoms with Crippen LogP contribution < -0.4 is 4.74 Å². The molecule has 0 saturated carbocycles. The maximum atomic E-state index is 9.37. The number of rotatable bonds is 2. The third kappa shape index (κ3) is 1.61. The summed E-state index contributed by atoms with van der Waals surface area (Å²) >= 11 is 3.30. The van der Waals surface area contributed by atoms with Gasteiger partial charge in [0, 0.05) is 11.6 Å². The number of halogens is 1. The van der Waals surface area contributed by atoms with Crippen LogP contribution in [-0.4, -0.2) is 12.2 Å². The van der Waals surface area contributed by atoms with Gasteiger partial charge in [0.2, 0.25) is 0 Å². The summed E-state index contributed by atoms with van der Waals surface area (Å²) in [7, 11) is 1.55. The minimum absolute atomic E-state index is 0.171. The SMILES string of the molecule is C=Cc1cc(Br)c(OC)cc1O. The Labute approximate surface area is 79.6 Å². The van der Waals surface area contributed by atoms with Crippen molar-refractivity contribution >= 4 is 22.0 Å². The fourth-order valence-electron chi connectivity index (χ4n) is 0.878. The van der Waals surface area contributed by atoms with Crippen molar-refractivity contribution in [1.29, 1.82) is 0 Å². The van der Waals surface area contributed by atoms with E-state index in [2.05, 4.69) is 22.5 Å². The Kier molecular flexibility index (Phi) is 2.76. The molecular formula is C9H9BrO2. The molecule has 2 nitrogen and oxygen atoms in total. The van der Waals surface area contributed by atoms with Crippen molar-refractivity contribution in [3.63, 3.8) is 0 Å². The van der Waals surface area contributed by atoms with Crippen molar-refractivity contribution in [3.8, 4) is 11.5 Å². The summed E-state index contributed by atoms with van der Waals surface area (Å²) < 4.78 is 5.79. The van der Waals surface area contributed by atoms with Gasteiger partial charge in [-0.05, 0) is 22.0 Å². The molecular weight excluding hydrogens is 220 g/mol. The maximum absolute atomic E-state index is 9.37. The largest absolute Gasteiger partial charge is 0.507 e. The number of phenols is 1. The van der Waals surface area contributed by atoms with Crippen LogP contribution >= 0.6 is 15.9 Å². The first-order valence-electron chi connectivity index (χ1n) is 3.38. The second-order valence-electron chi connectivity index (χ2n) is 2.25. The van der Waals surface area contributed by atoms with E-state index in [-0.39, 0.29) is 5.75 Å². The Morgan fingerprint density at radius 1 is 1.58 bits per heavy atom. The van der Waals surface area contributed by atoms with Gasteiger partial charge in [0.15, 0.2) is 0 Å². The molecule has 0 spiro atoms. The van der Waals surface area contributed by atoms with Gasteiger partial charge in [0.1, 0.15) is 11.5 Å². The van der Waals surface area contributed by atoms with E-state index < -0.39 is 0 Å². The van der Waals surface area contributed by atoms with Crippen LogP contribution in [0.5, 0.6) is 11.5 Å². The van der Waals surface area contributed by atoms with Gasteiger partial charge >= 0.3 is 0 Å². The molecule has 0 heterocycles. The van der Waals surface area contributed by atoms with Gasteiger partial charge in [-0.25, -0.2) is 0 Å². The molecule has 0 aromatic heterocycles. The predicted octanol–water partition coefficient (Wildman–Crippen LogP) is 2.81. The molecule has 3 heteroatoms. The van der Waals surface area contributed by atoms with E-state index in [0.717, 1.165) is 4.47 Å². The second kappa shape index (κ2) is 3.63. The van der Waals surface area contributed by atoms with Crippen molar-refractivity contribution in [2.75, 3.05) is 7.11 Å². The molecule has 64 valence electrons. The van der Waals surface area contributed by atoms with Crippen LogP contribution in [0.25, 0.3) is 6.08 Å².